The molecule has 1 rings (SSSR count). The lowest BCUT2D eigenvalue weighted by Crippen LogP contribution is -2.29. The number of carbonyl (C=O) groups is 1. The molecule has 5 heteroatoms. The van der Waals surface area contributed by atoms with Crippen molar-refractivity contribution in [1.29, 1.82) is 0 Å². The number of ether oxygens (including phenoxy) is 1. The minimum Gasteiger partial charge on any atom is -0.371 e. The number of hydrogen-bond acceptors (Lipinski definition) is 3. The van der Waals surface area contributed by atoms with Gasteiger partial charge in [0.2, 0.25) is 5.91 Å². The molecule has 0 unspecified atom stereocenters. The van der Waals surface area contributed by atoms with Crippen LogP contribution in [0.5, 0.6) is 0 Å². The summed E-state index contributed by atoms with van der Waals surface area (Å²) >= 11 is 0. The van der Waals surface area contributed by atoms with Gasteiger partial charge in [0, 0.05) is 6.54 Å². The Hall–Kier alpha value is -1.10. The van der Waals surface area contributed by atoms with Gasteiger partial charge >= 0.3 is 0 Å². The summed E-state index contributed by atoms with van der Waals surface area (Å²) in [5.74, 6) is -0.0555. The van der Waals surface area contributed by atoms with E-state index in [1.807, 2.05) is 18.2 Å². The number of carbonyl (C=O) groups excluding carboxylic acids is 1. The van der Waals surface area contributed by atoms with Crippen LogP contribution in [-0.4, -0.2) is 32.2 Å². The van der Waals surface area contributed by atoms with Gasteiger partial charge in [-0.05, 0) is 31.4 Å². The highest BCUT2D eigenvalue weighted by molar-refractivity contribution is 5.85. The van der Waals surface area contributed by atoms with E-state index in [2.05, 4.69) is 17.4 Å². The van der Waals surface area contributed by atoms with Crippen molar-refractivity contribution in [2.75, 3.05) is 26.3 Å². The molecule has 0 spiro atoms. The van der Waals surface area contributed by atoms with Crippen molar-refractivity contribution < 1.29 is 9.53 Å². The standard InChI is InChI=1S/C14H22N2O2.ClH/c15-9-4-5-10-16-14(17)12-18-11-8-13-6-2-1-3-7-13;/h1-3,6-7H,4-5,8-12,15H2,(H,16,17);1H. The first kappa shape index (κ1) is 17.9. The average Bonchev–Trinajstić information content (AvgIpc) is 2.41. The molecule has 0 radical (unpaired) electrons. The summed E-state index contributed by atoms with van der Waals surface area (Å²) in [4.78, 5) is 11.4. The van der Waals surface area contributed by atoms with Crippen LogP contribution in [0.1, 0.15) is 18.4 Å². The zero-order valence-electron chi connectivity index (χ0n) is 11.1. The molecule has 1 amide bonds. The zero-order valence-corrected chi connectivity index (χ0v) is 12.0. The highest BCUT2D eigenvalue weighted by Gasteiger charge is 2.00. The Balaban J connectivity index is 0.00000324. The maximum absolute atomic E-state index is 11.4. The summed E-state index contributed by atoms with van der Waals surface area (Å²) in [6.07, 6.45) is 2.70. The molecule has 108 valence electrons. The molecular formula is C14H23ClN2O2. The number of rotatable bonds is 9. The quantitative estimate of drug-likeness (QED) is 0.677. The minimum absolute atomic E-state index is 0. The van der Waals surface area contributed by atoms with Gasteiger partial charge in [0.1, 0.15) is 6.61 Å². The molecule has 0 aromatic heterocycles. The van der Waals surface area contributed by atoms with Crippen molar-refractivity contribution in [3.63, 3.8) is 0 Å². The third kappa shape index (κ3) is 9.47. The summed E-state index contributed by atoms with van der Waals surface area (Å²) in [5.41, 5.74) is 6.58. The van der Waals surface area contributed by atoms with E-state index in [0.29, 0.717) is 19.7 Å². The molecule has 0 fully saturated rings. The number of halogens is 1. The van der Waals surface area contributed by atoms with Gasteiger partial charge in [0.15, 0.2) is 0 Å². The van der Waals surface area contributed by atoms with E-state index in [9.17, 15) is 4.79 Å². The van der Waals surface area contributed by atoms with E-state index in [4.69, 9.17) is 10.5 Å². The van der Waals surface area contributed by atoms with Crippen LogP contribution in [0.4, 0.5) is 0 Å². The van der Waals surface area contributed by atoms with E-state index in [-0.39, 0.29) is 24.9 Å². The number of nitrogens with one attached hydrogen (secondary N) is 1. The largest absolute Gasteiger partial charge is 0.371 e. The normalized spacial score (nSPS) is 9.74. The molecule has 0 aliphatic rings. The molecule has 1 aromatic carbocycles. The molecule has 19 heavy (non-hydrogen) atoms. The molecule has 0 saturated carbocycles. The second-order valence-electron chi connectivity index (χ2n) is 4.13. The Morgan fingerprint density at radius 3 is 2.63 bits per heavy atom. The second-order valence-corrected chi connectivity index (χ2v) is 4.13. The monoisotopic (exact) mass is 286 g/mol. The van der Waals surface area contributed by atoms with Crippen LogP contribution in [0.15, 0.2) is 30.3 Å². The summed E-state index contributed by atoms with van der Waals surface area (Å²) in [6, 6.07) is 10.1. The molecule has 0 atom stereocenters. The first-order valence-corrected chi connectivity index (χ1v) is 6.41. The highest BCUT2D eigenvalue weighted by atomic mass is 35.5. The molecule has 0 bridgehead atoms. The molecule has 0 aliphatic heterocycles. The van der Waals surface area contributed by atoms with E-state index >= 15 is 0 Å². The Morgan fingerprint density at radius 1 is 1.21 bits per heavy atom. The number of nitrogens with two attached hydrogens (primary N) is 1. The van der Waals surface area contributed by atoms with Gasteiger partial charge in [-0.25, -0.2) is 0 Å². The lowest BCUT2D eigenvalue weighted by Gasteiger charge is -2.06. The van der Waals surface area contributed by atoms with Crippen molar-refractivity contribution in [3.8, 4) is 0 Å². The van der Waals surface area contributed by atoms with Gasteiger partial charge in [-0.3, -0.25) is 4.79 Å². The van der Waals surface area contributed by atoms with Crippen molar-refractivity contribution in [1.82, 2.24) is 5.32 Å². The van der Waals surface area contributed by atoms with E-state index in [0.717, 1.165) is 19.3 Å². The lowest BCUT2D eigenvalue weighted by atomic mass is 10.2. The molecular weight excluding hydrogens is 264 g/mol. The fourth-order valence-corrected chi connectivity index (χ4v) is 1.55. The first-order chi connectivity index (χ1) is 8.83. The van der Waals surface area contributed by atoms with Crippen molar-refractivity contribution in [2.45, 2.75) is 19.3 Å². The summed E-state index contributed by atoms with van der Waals surface area (Å²) in [7, 11) is 0. The van der Waals surface area contributed by atoms with Gasteiger partial charge in [0.05, 0.1) is 6.61 Å². The number of benzene rings is 1. The van der Waals surface area contributed by atoms with Crippen LogP contribution in [0.2, 0.25) is 0 Å². The van der Waals surface area contributed by atoms with Gasteiger partial charge in [-0.2, -0.15) is 0 Å². The Labute approximate surface area is 121 Å². The molecule has 0 saturated heterocycles. The summed E-state index contributed by atoms with van der Waals surface area (Å²) in [5, 5.41) is 2.80. The molecule has 1 aromatic rings. The van der Waals surface area contributed by atoms with E-state index < -0.39 is 0 Å². The van der Waals surface area contributed by atoms with Crippen LogP contribution in [0, 0.1) is 0 Å². The van der Waals surface area contributed by atoms with Crippen LogP contribution in [0.25, 0.3) is 0 Å². The Morgan fingerprint density at radius 2 is 1.95 bits per heavy atom. The summed E-state index contributed by atoms with van der Waals surface area (Å²) < 4.78 is 5.32. The summed E-state index contributed by atoms with van der Waals surface area (Å²) in [6.45, 7) is 2.05. The number of unbranched alkanes of at least 4 members (excludes halogenated alkanes) is 1. The predicted octanol–water partition coefficient (Wildman–Crippen LogP) is 1.52. The third-order valence-electron chi connectivity index (χ3n) is 2.56. The maximum Gasteiger partial charge on any atom is 0.245 e. The lowest BCUT2D eigenvalue weighted by molar-refractivity contribution is -0.125. The SMILES string of the molecule is Cl.NCCCCNC(=O)COCCc1ccccc1. The van der Waals surface area contributed by atoms with Crippen LogP contribution >= 0.6 is 12.4 Å². The smallest absolute Gasteiger partial charge is 0.245 e. The minimum atomic E-state index is -0.0555. The number of hydrogen-bond donors (Lipinski definition) is 2. The predicted molar refractivity (Wildman–Crippen MR) is 79.5 cm³/mol. The maximum atomic E-state index is 11.4. The van der Waals surface area contributed by atoms with Crippen LogP contribution in [-0.2, 0) is 16.0 Å². The van der Waals surface area contributed by atoms with Crippen LogP contribution < -0.4 is 11.1 Å². The third-order valence-corrected chi connectivity index (χ3v) is 2.56. The Bertz CT molecular complexity index is 333. The van der Waals surface area contributed by atoms with Crippen LogP contribution in [0.3, 0.4) is 0 Å². The van der Waals surface area contributed by atoms with E-state index in [1.165, 1.54) is 5.56 Å². The fourth-order valence-electron chi connectivity index (χ4n) is 1.55. The second kappa shape index (κ2) is 12.0. The first-order valence-electron chi connectivity index (χ1n) is 6.41. The molecule has 0 heterocycles. The van der Waals surface area contributed by atoms with E-state index in [1.54, 1.807) is 0 Å². The van der Waals surface area contributed by atoms with Gasteiger partial charge in [-0.1, -0.05) is 30.3 Å². The van der Waals surface area contributed by atoms with Crippen molar-refractivity contribution >= 4 is 18.3 Å². The molecule has 3 N–H and O–H groups in total. The topological polar surface area (TPSA) is 64.3 Å². The van der Waals surface area contributed by atoms with Crippen molar-refractivity contribution in [2.24, 2.45) is 5.73 Å². The Kier molecular flexibility index (Phi) is 11.3. The average molecular weight is 287 g/mol. The van der Waals surface area contributed by atoms with Gasteiger partial charge in [0.25, 0.3) is 0 Å². The fraction of sp³-hybridized carbons (Fsp3) is 0.500. The van der Waals surface area contributed by atoms with Crippen molar-refractivity contribution in [3.05, 3.63) is 35.9 Å². The zero-order chi connectivity index (χ0) is 13.1. The molecule has 0 aliphatic carbocycles. The highest BCUT2D eigenvalue weighted by Crippen LogP contribution is 1.99. The molecule has 4 nitrogen and oxygen atoms in total. The number of amides is 1. The van der Waals surface area contributed by atoms with Gasteiger partial charge < -0.3 is 15.8 Å². The van der Waals surface area contributed by atoms with Gasteiger partial charge in [-0.15, -0.1) is 12.4 Å².